The fraction of sp³-hybridized carbons (Fsp3) is 0.625. The maximum atomic E-state index is 12.9. The first kappa shape index (κ1) is 16.9. The molecule has 1 nitrogen and oxygen atoms in total. The van der Waals surface area contributed by atoms with E-state index in [0.717, 1.165) is 44.6 Å². The third-order valence-electron chi connectivity index (χ3n) is 3.32. The Labute approximate surface area is 119 Å². The van der Waals surface area contributed by atoms with Gasteiger partial charge in [0.15, 0.2) is 0 Å². The van der Waals surface area contributed by atoms with Gasteiger partial charge in [-0.15, -0.1) is 0 Å². The first-order chi connectivity index (χ1) is 9.49. The fourth-order valence-corrected chi connectivity index (χ4v) is 2.13. The molecule has 0 aromatic heterocycles. The number of unbranched alkanes of at least 4 members (excludes halogenated alkanes) is 3. The van der Waals surface area contributed by atoms with E-state index in [4.69, 9.17) is 4.74 Å². The van der Waals surface area contributed by atoms with Crippen LogP contribution >= 0.6 is 0 Å². The van der Waals surface area contributed by atoms with E-state index in [1.807, 2.05) is 6.92 Å². The normalized spacial score (nSPS) is 13.2. The van der Waals surface area contributed by atoms with Crippen molar-refractivity contribution in [2.75, 3.05) is 0 Å². The monoisotopic (exact) mass is 288 g/mol. The highest BCUT2D eigenvalue weighted by molar-refractivity contribution is 5.35. The molecular weight excluding hydrogens is 265 g/mol. The maximum Gasteiger partial charge on any atom is 0.419 e. The summed E-state index contributed by atoms with van der Waals surface area (Å²) in [6.45, 7) is 4.08. The van der Waals surface area contributed by atoms with Crippen LogP contribution in [0.15, 0.2) is 24.3 Å². The van der Waals surface area contributed by atoms with Gasteiger partial charge in [-0.3, -0.25) is 0 Å². The molecule has 0 saturated carbocycles. The van der Waals surface area contributed by atoms with Gasteiger partial charge in [0.1, 0.15) is 5.75 Å². The number of ether oxygens (including phenoxy) is 1. The second-order valence-corrected chi connectivity index (χ2v) is 4.99. The van der Waals surface area contributed by atoms with Crippen molar-refractivity contribution in [3.63, 3.8) is 0 Å². The van der Waals surface area contributed by atoms with Crippen molar-refractivity contribution in [2.45, 2.75) is 64.7 Å². The smallest absolute Gasteiger partial charge is 0.419 e. The quantitative estimate of drug-likeness (QED) is 0.546. The molecule has 1 rings (SSSR count). The zero-order chi connectivity index (χ0) is 15.0. The molecule has 0 N–H and O–H groups in total. The second kappa shape index (κ2) is 8.18. The first-order valence-corrected chi connectivity index (χ1v) is 7.31. The number of halogens is 3. The van der Waals surface area contributed by atoms with Crippen molar-refractivity contribution >= 4 is 0 Å². The Balaban J connectivity index is 2.65. The third-order valence-corrected chi connectivity index (χ3v) is 3.32. The minimum absolute atomic E-state index is 0.0534. The van der Waals surface area contributed by atoms with Gasteiger partial charge in [0.2, 0.25) is 0 Å². The molecule has 0 heterocycles. The van der Waals surface area contributed by atoms with Crippen molar-refractivity contribution in [1.82, 2.24) is 0 Å². The van der Waals surface area contributed by atoms with Crippen LogP contribution in [0, 0.1) is 0 Å². The van der Waals surface area contributed by atoms with Crippen LogP contribution in [-0.4, -0.2) is 6.10 Å². The number of para-hydroxylation sites is 1. The summed E-state index contributed by atoms with van der Waals surface area (Å²) in [5, 5.41) is 0. The highest BCUT2D eigenvalue weighted by atomic mass is 19.4. The summed E-state index contributed by atoms with van der Waals surface area (Å²) in [6, 6.07) is 5.43. The van der Waals surface area contributed by atoms with Gasteiger partial charge < -0.3 is 4.74 Å². The molecule has 0 bridgehead atoms. The van der Waals surface area contributed by atoms with Crippen LogP contribution in [-0.2, 0) is 6.18 Å². The van der Waals surface area contributed by atoms with Crippen LogP contribution in [0.5, 0.6) is 5.75 Å². The first-order valence-electron chi connectivity index (χ1n) is 7.31. The van der Waals surface area contributed by atoms with Gasteiger partial charge in [-0.1, -0.05) is 45.2 Å². The van der Waals surface area contributed by atoms with E-state index < -0.39 is 11.7 Å². The molecule has 4 heteroatoms. The average Bonchev–Trinajstić information content (AvgIpc) is 2.41. The molecule has 20 heavy (non-hydrogen) atoms. The number of benzene rings is 1. The fourth-order valence-electron chi connectivity index (χ4n) is 2.13. The van der Waals surface area contributed by atoms with E-state index in [0.29, 0.717) is 0 Å². The Bertz CT molecular complexity index is 388. The topological polar surface area (TPSA) is 9.23 Å². The average molecular weight is 288 g/mol. The lowest BCUT2D eigenvalue weighted by atomic mass is 10.1. The molecule has 0 fully saturated rings. The van der Waals surface area contributed by atoms with Crippen LogP contribution in [0.4, 0.5) is 13.2 Å². The Morgan fingerprint density at radius 3 is 2.35 bits per heavy atom. The van der Waals surface area contributed by atoms with Crippen molar-refractivity contribution in [3.05, 3.63) is 29.8 Å². The predicted octanol–water partition coefficient (Wildman–Crippen LogP) is 5.83. The van der Waals surface area contributed by atoms with Gasteiger partial charge in [0.05, 0.1) is 11.7 Å². The minimum atomic E-state index is -4.36. The molecule has 0 spiro atoms. The van der Waals surface area contributed by atoms with Gasteiger partial charge in [-0.05, 0) is 31.4 Å². The van der Waals surface area contributed by atoms with Crippen molar-refractivity contribution in [2.24, 2.45) is 0 Å². The zero-order valence-electron chi connectivity index (χ0n) is 12.2. The Morgan fingerprint density at radius 1 is 1.05 bits per heavy atom. The van der Waals surface area contributed by atoms with Gasteiger partial charge in [-0.25, -0.2) is 0 Å². The summed E-state index contributed by atoms with van der Waals surface area (Å²) in [7, 11) is 0. The van der Waals surface area contributed by atoms with E-state index in [1.54, 1.807) is 6.07 Å². The lowest BCUT2D eigenvalue weighted by Gasteiger charge is -2.20. The molecule has 114 valence electrons. The summed E-state index contributed by atoms with van der Waals surface area (Å²) in [5.41, 5.74) is -0.688. The van der Waals surface area contributed by atoms with Gasteiger partial charge in [0, 0.05) is 0 Å². The summed E-state index contributed by atoms with van der Waals surface area (Å²) in [5.74, 6) is -0.0534. The van der Waals surface area contributed by atoms with E-state index >= 15 is 0 Å². The number of hydrogen-bond acceptors (Lipinski definition) is 1. The standard InChI is InChI=1S/C16H23F3O/c1-3-5-6-7-10-13(4-2)20-15-12-9-8-11-14(15)16(17,18)19/h8-9,11-13H,3-7,10H2,1-2H3. The SMILES string of the molecule is CCCCCCC(CC)Oc1ccccc1C(F)(F)F. The maximum absolute atomic E-state index is 12.9. The Hall–Kier alpha value is -1.19. The van der Waals surface area contributed by atoms with Crippen molar-refractivity contribution in [3.8, 4) is 5.75 Å². The molecule has 0 radical (unpaired) electrons. The lowest BCUT2D eigenvalue weighted by molar-refractivity contribution is -0.139. The number of alkyl halides is 3. The van der Waals surface area contributed by atoms with Crippen LogP contribution in [0.1, 0.15) is 57.9 Å². The number of rotatable bonds is 8. The molecule has 0 aliphatic rings. The lowest BCUT2D eigenvalue weighted by Crippen LogP contribution is -2.18. The van der Waals surface area contributed by atoms with E-state index in [2.05, 4.69) is 6.92 Å². The molecule has 1 unspecified atom stereocenters. The molecular formula is C16H23F3O. The van der Waals surface area contributed by atoms with Crippen LogP contribution in [0.3, 0.4) is 0 Å². The molecule has 0 aliphatic heterocycles. The second-order valence-electron chi connectivity index (χ2n) is 4.99. The zero-order valence-corrected chi connectivity index (χ0v) is 12.2. The summed E-state index contributed by atoms with van der Waals surface area (Å²) in [6.07, 6.45) is 1.44. The summed E-state index contributed by atoms with van der Waals surface area (Å²) < 4.78 is 44.2. The highest BCUT2D eigenvalue weighted by Crippen LogP contribution is 2.36. The van der Waals surface area contributed by atoms with Crippen LogP contribution in [0.25, 0.3) is 0 Å². The third kappa shape index (κ3) is 5.43. The Kier molecular flexibility index (Phi) is 6.89. The largest absolute Gasteiger partial charge is 0.490 e. The van der Waals surface area contributed by atoms with Gasteiger partial charge in [0.25, 0.3) is 0 Å². The molecule has 0 aliphatic carbocycles. The van der Waals surface area contributed by atoms with Crippen LogP contribution < -0.4 is 4.74 Å². The van der Waals surface area contributed by atoms with Gasteiger partial charge >= 0.3 is 6.18 Å². The Morgan fingerprint density at radius 2 is 1.75 bits per heavy atom. The van der Waals surface area contributed by atoms with E-state index in [1.165, 1.54) is 12.1 Å². The molecule has 1 aromatic carbocycles. The van der Waals surface area contributed by atoms with Gasteiger partial charge in [-0.2, -0.15) is 13.2 Å². The molecule has 1 aromatic rings. The van der Waals surface area contributed by atoms with Crippen molar-refractivity contribution in [1.29, 1.82) is 0 Å². The summed E-state index contributed by atoms with van der Waals surface area (Å²) >= 11 is 0. The van der Waals surface area contributed by atoms with E-state index in [9.17, 15) is 13.2 Å². The highest BCUT2D eigenvalue weighted by Gasteiger charge is 2.34. The summed E-state index contributed by atoms with van der Waals surface area (Å²) in [4.78, 5) is 0. The molecule has 0 amide bonds. The predicted molar refractivity (Wildman–Crippen MR) is 74.9 cm³/mol. The van der Waals surface area contributed by atoms with E-state index in [-0.39, 0.29) is 11.9 Å². The molecule has 1 atom stereocenters. The number of hydrogen-bond donors (Lipinski definition) is 0. The van der Waals surface area contributed by atoms with Crippen molar-refractivity contribution < 1.29 is 17.9 Å². The molecule has 0 saturated heterocycles. The minimum Gasteiger partial charge on any atom is -0.490 e. The van der Waals surface area contributed by atoms with Crippen LogP contribution in [0.2, 0.25) is 0 Å².